The van der Waals surface area contributed by atoms with Crippen molar-refractivity contribution < 1.29 is 51.5 Å². The Balaban J connectivity index is 0.000000224. The highest BCUT2D eigenvalue weighted by Gasteiger charge is 2.41. The number of nitrogens with zero attached hydrogens (tertiary/aromatic N) is 6. The lowest BCUT2D eigenvalue weighted by molar-refractivity contribution is 0.0168. The second kappa shape index (κ2) is 27.3. The number of nitrogens with one attached hydrogen (secondary N) is 2. The van der Waals surface area contributed by atoms with Crippen LogP contribution < -0.4 is 15.8 Å². The van der Waals surface area contributed by atoms with Gasteiger partial charge in [-0.3, -0.25) is 23.6 Å². The topological polar surface area (TPSA) is 279 Å². The van der Waals surface area contributed by atoms with Gasteiger partial charge in [0.2, 0.25) is 11.6 Å². The lowest BCUT2D eigenvalue weighted by Gasteiger charge is -2.38. The normalized spacial score (nSPS) is 21.8. The SMILES string of the molecule is C.Cc1sc(C(=O)c2cncnc2N[C@@H]2C[C@H](CO)[C@@H](C)C2)cc1[C@H]1c2cc(Cl)ccc2CCN1C(=O)OC(C)(C)C.Cc1sc(C(=O)c2cncnc2N[C@@H]2C[C@H](COS(N)(=O)=O)[C@@H](O)C2)cc1[C@H]1c2cc(Cl)ccc2CCN1C(=O)OC(C)(C)C. The minimum Gasteiger partial charge on any atom is -0.444 e. The van der Waals surface area contributed by atoms with Crippen molar-refractivity contribution in [3.05, 3.63) is 148 Å². The summed E-state index contributed by atoms with van der Waals surface area (Å²) in [5.74, 6) is 0.455. The molecule has 20 nitrogen and oxygen atoms in total. The molecule has 2 aromatic carbocycles. The maximum atomic E-state index is 13.9. The molecule has 4 aromatic heterocycles. The van der Waals surface area contributed by atoms with Gasteiger partial charge in [-0.05, 0) is 176 Å². The number of aliphatic hydroxyl groups excluding tert-OH is 2. The minimum absolute atomic E-state index is 0. The molecule has 0 spiro atoms. The number of carbonyl (C=O) groups is 4. The molecule has 0 bridgehead atoms. The van der Waals surface area contributed by atoms with Crippen molar-refractivity contribution in [2.24, 2.45) is 22.9 Å². The van der Waals surface area contributed by atoms with Gasteiger partial charge in [-0.25, -0.2) is 34.7 Å². The molecule has 25 heteroatoms. The third-order valence-corrected chi connectivity index (χ3v) is 18.9. The molecule has 4 aliphatic rings. The van der Waals surface area contributed by atoms with Crippen LogP contribution >= 0.6 is 45.9 Å². The van der Waals surface area contributed by atoms with E-state index in [2.05, 4.69) is 41.7 Å². The van der Waals surface area contributed by atoms with Gasteiger partial charge in [-0.15, -0.1) is 22.7 Å². The summed E-state index contributed by atoms with van der Waals surface area (Å²) in [7, 11) is -4.14. The van der Waals surface area contributed by atoms with E-state index in [-0.39, 0.29) is 61.6 Å². The van der Waals surface area contributed by atoms with Crippen LogP contribution in [-0.4, -0.2) is 128 Å². The average molecular weight is 1290 g/mol. The summed E-state index contributed by atoms with van der Waals surface area (Å²) in [5.41, 5.74) is 4.96. The second-order valence-corrected chi connectivity index (χ2v) is 29.1. The van der Waals surface area contributed by atoms with Crippen LogP contribution in [-0.2, 0) is 36.8 Å². The molecule has 87 heavy (non-hydrogen) atoms. The number of aromatic nitrogens is 4. The molecule has 0 unspecified atom stereocenters. The standard InChI is InChI=1S/C31H37ClN4O4S.C30H36ClN5O7S2.CH4/c1-17-10-22(11-20(17)15-37)35-29-25(14-33-16-34-29)28(38)26-13-23(18(2)41-26)27-24-12-21(32)7-6-19(24)8-9-36(27)30(39)40-31(3,4)5;1-16-21(26-22-10-19(31)6-5-17(22)7-8-36(26)29(39)43-30(2,3)4)12-25(44-16)27(38)23-13-33-15-34-28(23)35-20-9-18(24(37)11-20)14-42-45(32,40)41;/h6-7,12-14,16-17,20,22,27,37H,8-11,15H2,1-5H3,(H,33,34,35);5-6,10,12-13,15,18,20,24,26,37H,7-9,11,14H2,1-4H3,(H2,32,40,41)(H,33,34,35);1H4/t17-,20+,22-,27-;18-,20-,24+,26+;/m01./s1. The van der Waals surface area contributed by atoms with E-state index in [9.17, 15) is 37.8 Å². The van der Waals surface area contributed by atoms with Gasteiger partial charge in [-0.1, -0.05) is 49.7 Å². The largest absolute Gasteiger partial charge is 0.444 e. The van der Waals surface area contributed by atoms with Crippen molar-refractivity contribution in [3.63, 3.8) is 0 Å². The predicted octanol–water partition coefficient (Wildman–Crippen LogP) is 11.5. The quantitative estimate of drug-likeness (QED) is 0.0634. The number of aryl methyl sites for hydroxylation is 2. The van der Waals surface area contributed by atoms with Crippen molar-refractivity contribution in [2.75, 3.05) is 36.9 Å². The smallest absolute Gasteiger partial charge is 0.411 e. The Labute approximate surface area is 526 Å². The summed E-state index contributed by atoms with van der Waals surface area (Å²) in [5, 5.41) is 32.9. The fourth-order valence-electron chi connectivity index (χ4n) is 11.8. The van der Waals surface area contributed by atoms with Gasteiger partial charge in [-0.2, -0.15) is 8.42 Å². The molecule has 10 rings (SSSR count). The number of nitrogens with two attached hydrogens (primary N) is 1. The number of halogens is 2. The summed E-state index contributed by atoms with van der Waals surface area (Å²) in [6.07, 6.45) is 7.77. The maximum Gasteiger partial charge on any atom is 0.411 e. The van der Waals surface area contributed by atoms with E-state index in [4.69, 9.17) is 37.8 Å². The first kappa shape index (κ1) is 66.8. The molecule has 8 atom stereocenters. The number of hydrogen-bond donors (Lipinski definition) is 5. The highest BCUT2D eigenvalue weighted by Crippen LogP contribution is 2.44. The van der Waals surface area contributed by atoms with Crippen LogP contribution in [0.2, 0.25) is 10.0 Å². The zero-order valence-electron chi connectivity index (χ0n) is 49.4. The minimum atomic E-state index is -4.14. The Hall–Kier alpha value is -6.15. The number of carbonyl (C=O) groups excluding carboxylic acids is 4. The number of ether oxygens (including phenoxy) is 2. The Bertz CT molecular complexity index is 3630. The third-order valence-electron chi connectivity index (χ3n) is 15.9. The number of ketones is 2. The summed E-state index contributed by atoms with van der Waals surface area (Å²) < 4.78 is 38.6. The van der Waals surface area contributed by atoms with Crippen molar-refractivity contribution >= 4 is 91.6 Å². The van der Waals surface area contributed by atoms with Gasteiger partial charge in [0.05, 0.1) is 45.7 Å². The number of hydrogen-bond acceptors (Lipinski definition) is 19. The molecule has 6 N–H and O–H groups in total. The zero-order valence-corrected chi connectivity index (χ0v) is 53.4. The van der Waals surface area contributed by atoms with Crippen LogP contribution in [0.3, 0.4) is 0 Å². The number of benzene rings is 2. The highest BCUT2D eigenvalue weighted by molar-refractivity contribution is 7.84. The van der Waals surface area contributed by atoms with E-state index in [1.165, 1.54) is 41.5 Å². The monoisotopic (exact) mass is 1290 g/mol. The van der Waals surface area contributed by atoms with Crippen molar-refractivity contribution in [2.45, 2.75) is 150 Å². The first-order valence-corrected chi connectivity index (χ1v) is 32.4. The van der Waals surface area contributed by atoms with Crippen LogP contribution in [0.15, 0.2) is 73.6 Å². The summed E-state index contributed by atoms with van der Waals surface area (Å²) >= 11 is 15.6. The molecule has 468 valence electrons. The number of thiophene rings is 2. The van der Waals surface area contributed by atoms with E-state index in [1.54, 1.807) is 22.1 Å². The molecule has 0 saturated heterocycles. The Morgan fingerprint density at radius 3 is 1.54 bits per heavy atom. The Morgan fingerprint density at radius 2 is 1.13 bits per heavy atom. The van der Waals surface area contributed by atoms with E-state index >= 15 is 0 Å². The molecular weight excluding hydrogens is 1210 g/mol. The molecule has 2 aliphatic heterocycles. The van der Waals surface area contributed by atoms with Crippen molar-refractivity contribution in [1.82, 2.24) is 29.7 Å². The summed E-state index contributed by atoms with van der Waals surface area (Å²) in [6, 6.07) is 14.0. The molecule has 2 saturated carbocycles. The van der Waals surface area contributed by atoms with Gasteiger partial charge in [0.25, 0.3) is 0 Å². The average Bonchev–Trinajstić information content (AvgIpc) is 1.86. The second-order valence-electron chi connectivity index (χ2n) is 24.5. The third kappa shape index (κ3) is 16.0. The summed E-state index contributed by atoms with van der Waals surface area (Å²) in [4.78, 5) is 77.8. The van der Waals surface area contributed by atoms with Crippen LogP contribution in [0, 0.1) is 31.6 Å². The van der Waals surface area contributed by atoms with Gasteiger partial charge < -0.3 is 30.3 Å². The van der Waals surface area contributed by atoms with Crippen LogP contribution in [0.5, 0.6) is 0 Å². The number of fused-ring (bicyclic) bond motifs is 2. The molecule has 0 radical (unpaired) electrons. The Kier molecular flexibility index (Phi) is 21.0. The molecule has 2 fully saturated rings. The summed E-state index contributed by atoms with van der Waals surface area (Å²) in [6.45, 7) is 17.9. The van der Waals surface area contributed by atoms with E-state index in [0.717, 1.165) is 56.0 Å². The first-order chi connectivity index (χ1) is 40.5. The van der Waals surface area contributed by atoms with E-state index < -0.39 is 57.8 Å². The van der Waals surface area contributed by atoms with Gasteiger partial charge >= 0.3 is 22.5 Å². The van der Waals surface area contributed by atoms with Gasteiger partial charge in [0, 0.05) is 69.9 Å². The molecule has 6 heterocycles. The molecule has 6 aromatic rings. The fourth-order valence-corrected chi connectivity index (χ4v) is 14.5. The van der Waals surface area contributed by atoms with Crippen molar-refractivity contribution in [1.29, 1.82) is 0 Å². The first-order valence-electron chi connectivity index (χ1n) is 28.5. The lowest BCUT2D eigenvalue weighted by atomic mass is 9.88. The van der Waals surface area contributed by atoms with E-state index in [1.807, 2.05) is 97.9 Å². The number of rotatable bonds is 14. The molecular formula is C62H77Cl2N9O11S3. The van der Waals surface area contributed by atoms with Gasteiger partial charge in [0.15, 0.2) is 0 Å². The maximum absolute atomic E-state index is 13.9. The van der Waals surface area contributed by atoms with Crippen LogP contribution in [0.1, 0.15) is 167 Å². The van der Waals surface area contributed by atoms with Crippen LogP contribution in [0.25, 0.3) is 0 Å². The van der Waals surface area contributed by atoms with Crippen LogP contribution in [0.4, 0.5) is 21.2 Å². The zero-order chi connectivity index (χ0) is 62.2. The fraction of sp³-hybridized carbons (Fsp3) is 0.484. The Morgan fingerprint density at radius 1 is 0.690 bits per heavy atom. The molecule has 2 amide bonds. The number of aliphatic hydroxyl groups is 2. The van der Waals surface area contributed by atoms with Gasteiger partial charge in [0.1, 0.15) is 35.5 Å². The van der Waals surface area contributed by atoms with Crippen molar-refractivity contribution in [3.8, 4) is 0 Å². The number of anilines is 2. The number of amides is 2. The van der Waals surface area contributed by atoms with E-state index in [0.29, 0.717) is 75.9 Å². The molecule has 2 aliphatic carbocycles. The highest BCUT2D eigenvalue weighted by atomic mass is 35.5. The predicted molar refractivity (Wildman–Crippen MR) is 337 cm³/mol. The lowest BCUT2D eigenvalue weighted by Crippen LogP contribution is -2.43.